The van der Waals surface area contributed by atoms with Gasteiger partial charge in [-0.25, -0.2) is 0 Å². The third kappa shape index (κ3) is 2.66. The van der Waals surface area contributed by atoms with E-state index in [1.807, 2.05) is 36.6 Å². The molecule has 1 aliphatic heterocycles. The average Bonchev–Trinajstić information content (AvgIpc) is 2.96. The largest absolute Gasteiger partial charge is 0.360 e. The maximum Gasteiger partial charge on any atom is 0.265 e. The van der Waals surface area contributed by atoms with Gasteiger partial charge in [-0.05, 0) is 19.6 Å². The summed E-state index contributed by atoms with van der Waals surface area (Å²) in [6.45, 7) is 3.22. The van der Waals surface area contributed by atoms with E-state index < -0.39 is 0 Å². The van der Waals surface area contributed by atoms with Crippen LogP contribution in [0.4, 0.5) is 0 Å². The standard InChI is InChI=1S/C16H17N3O2S/c1-11-13(14(18-21-11)12-7-4-3-5-8-12)15(20)19-10-6-9-17-16(19)22-2/h3-5,7-8H,6,9-10H2,1-2H3. The van der Waals surface area contributed by atoms with Crippen molar-refractivity contribution in [3.05, 3.63) is 41.7 Å². The molecule has 1 aliphatic rings. The molecule has 0 N–H and O–H groups in total. The molecule has 3 rings (SSSR count). The van der Waals surface area contributed by atoms with E-state index in [0.717, 1.165) is 23.7 Å². The van der Waals surface area contributed by atoms with Crippen LogP contribution in [0.3, 0.4) is 0 Å². The number of amides is 1. The van der Waals surface area contributed by atoms with Crippen molar-refractivity contribution in [3.8, 4) is 11.3 Å². The molecular weight excluding hydrogens is 298 g/mol. The molecule has 0 unspecified atom stereocenters. The highest BCUT2D eigenvalue weighted by Gasteiger charge is 2.29. The number of aryl methyl sites for hydroxylation is 1. The molecule has 0 saturated heterocycles. The quantitative estimate of drug-likeness (QED) is 0.854. The fourth-order valence-corrected chi connectivity index (χ4v) is 3.11. The molecular formula is C16H17N3O2S. The third-order valence-corrected chi connectivity index (χ3v) is 4.28. The van der Waals surface area contributed by atoms with Gasteiger partial charge in [0.2, 0.25) is 0 Å². The monoisotopic (exact) mass is 315 g/mol. The molecule has 0 spiro atoms. The number of thioether (sulfide) groups is 1. The van der Waals surface area contributed by atoms with Crippen LogP contribution in [0.15, 0.2) is 39.8 Å². The second-order valence-electron chi connectivity index (χ2n) is 5.01. The molecule has 2 heterocycles. The zero-order chi connectivity index (χ0) is 15.5. The van der Waals surface area contributed by atoms with Gasteiger partial charge < -0.3 is 4.52 Å². The number of rotatable bonds is 2. The lowest BCUT2D eigenvalue weighted by molar-refractivity contribution is 0.0844. The lowest BCUT2D eigenvalue weighted by atomic mass is 10.1. The van der Waals surface area contributed by atoms with Gasteiger partial charge in [0.15, 0.2) is 5.17 Å². The maximum absolute atomic E-state index is 13.0. The molecule has 1 aromatic heterocycles. The van der Waals surface area contributed by atoms with E-state index in [9.17, 15) is 4.79 Å². The van der Waals surface area contributed by atoms with Crippen LogP contribution < -0.4 is 0 Å². The van der Waals surface area contributed by atoms with Crippen molar-refractivity contribution in [2.75, 3.05) is 19.3 Å². The summed E-state index contributed by atoms with van der Waals surface area (Å²) >= 11 is 1.49. The molecule has 0 aliphatic carbocycles. The molecule has 1 amide bonds. The average molecular weight is 315 g/mol. The van der Waals surface area contributed by atoms with Gasteiger partial charge in [0, 0.05) is 18.7 Å². The number of carbonyl (C=O) groups excluding carboxylic acids is 1. The molecule has 1 aromatic carbocycles. The van der Waals surface area contributed by atoms with Crippen molar-refractivity contribution in [3.63, 3.8) is 0 Å². The second-order valence-corrected chi connectivity index (χ2v) is 5.78. The summed E-state index contributed by atoms with van der Waals surface area (Å²) in [7, 11) is 0. The predicted molar refractivity (Wildman–Crippen MR) is 88.1 cm³/mol. The van der Waals surface area contributed by atoms with Crippen LogP contribution in [-0.2, 0) is 0 Å². The number of aromatic nitrogens is 1. The van der Waals surface area contributed by atoms with Crippen LogP contribution in [-0.4, -0.2) is 40.5 Å². The van der Waals surface area contributed by atoms with Crippen molar-refractivity contribution in [2.24, 2.45) is 4.99 Å². The zero-order valence-electron chi connectivity index (χ0n) is 12.6. The summed E-state index contributed by atoms with van der Waals surface area (Å²) in [4.78, 5) is 19.1. The first-order valence-electron chi connectivity index (χ1n) is 7.14. The van der Waals surface area contributed by atoms with Crippen LogP contribution in [0, 0.1) is 6.92 Å². The Bertz CT molecular complexity index is 709. The molecule has 22 heavy (non-hydrogen) atoms. The highest BCUT2D eigenvalue weighted by atomic mass is 32.2. The highest BCUT2D eigenvalue weighted by Crippen LogP contribution is 2.27. The van der Waals surface area contributed by atoms with Crippen molar-refractivity contribution in [2.45, 2.75) is 13.3 Å². The second kappa shape index (κ2) is 6.36. The number of nitrogens with zero attached hydrogens (tertiary/aromatic N) is 3. The number of amidine groups is 1. The fourth-order valence-electron chi connectivity index (χ4n) is 2.50. The highest BCUT2D eigenvalue weighted by molar-refractivity contribution is 8.13. The molecule has 0 fully saturated rings. The van der Waals surface area contributed by atoms with E-state index in [4.69, 9.17) is 4.52 Å². The summed E-state index contributed by atoms with van der Waals surface area (Å²) in [5.74, 6) is 0.445. The normalized spacial score (nSPS) is 14.8. The Balaban J connectivity index is 2.02. The zero-order valence-corrected chi connectivity index (χ0v) is 13.4. The van der Waals surface area contributed by atoms with E-state index in [2.05, 4.69) is 10.1 Å². The van der Waals surface area contributed by atoms with E-state index in [1.165, 1.54) is 11.8 Å². The molecule has 0 radical (unpaired) electrons. The minimum absolute atomic E-state index is 0.0922. The molecule has 0 bridgehead atoms. The van der Waals surface area contributed by atoms with Crippen molar-refractivity contribution in [1.29, 1.82) is 0 Å². The van der Waals surface area contributed by atoms with Crippen molar-refractivity contribution >= 4 is 22.8 Å². The lowest BCUT2D eigenvalue weighted by Crippen LogP contribution is -2.39. The van der Waals surface area contributed by atoms with Crippen molar-refractivity contribution in [1.82, 2.24) is 10.1 Å². The number of hydrogen-bond donors (Lipinski definition) is 0. The molecule has 2 aromatic rings. The minimum Gasteiger partial charge on any atom is -0.360 e. The van der Waals surface area contributed by atoms with Gasteiger partial charge in [0.05, 0.1) is 0 Å². The van der Waals surface area contributed by atoms with E-state index in [-0.39, 0.29) is 5.91 Å². The first-order chi connectivity index (χ1) is 10.7. The van der Waals surface area contributed by atoms with Crippen LogP contribution >= 0.6 is 11.8 Å². The topological polar surface area (TPSA) is 58.7 Å². The Morgan fingerprint density at radius 2 is 2.09 bits per heavy atom. The fraction of sp³-hybridized carbons (Fsp3) is 0.312. The first kappa shape index (κ1) is 14.8. The third-order valence-electron chi connectivity index (χ3n) is 3.57. The maximum atomic E-state index is 13.0. The summed E-state index contributed by atoms with van der Waals surface area (Å²) in [6.07, 6.45) is 2.81. The Kier molecular flexibility index (Phi) is 4.29. The minimum atomic E-state index is -0.0922. The van der Waals surface area contributed by atoms with E-state index in [0.29, 0.717) is 23.6 Å². The van der Waals surface area contributed by atoms with Gasteiger partial charge in [-0.15, -0.1) is 0 Å². The smallest absolute Gasteiger partial charge is 0.265 e. The molecule has 5 nitrogen and oxygen atoms in total. The number of hydrogen-bond acceptors (Lipinski definition) is 5. The van der Waals surface area contributed by atoms with Gasteiger partial charge in [0.25, 0.3) is 5.91 Å². The summed E-state index contributed by atoms with van der Waals surface area (Å²) in [6, 6.07) is 9.62. The van der Waals surface area contributed by atoms with E-state index >= 15 is 0 Å². The van der Waals surface area contributed by atoms with Gasteiger partial charge in [0.1, 0.15) is 17.0 Å². The molecule has 0 saturated carbocycles. The summed E-state index contributed by atoms with van der Waals surface area (Å²) < 4.78 is 5.29. The molecule has 6 heteroatoms. The number of carbonyl (C=O) groups is 1. The number of aliphatic imine (C=N–C) groups is 1. The van der Waals surface area contributed by atoms with Crippen LogP contribution in [0.1, 0.15) is 22.5 Å². The summed E-state index contributed by atoms with van der Waals surface area (Å²) in [5.41, 5.74) is 1.99. The van der Waals surface area contributed by atoms with Gasteiger partial charge in [-0.3, -0.25) is 14.7 Å². The predicted octanol–water partition coefficient (Wildman–Crippen LogP) is 3.21. The Morgan fingerprint density at radius 3 is 2.82 bits per heavy atom. The molecule has 0 atom stereocenters. The van der Waals surface area contributed by atoms with Gasteiger partial charge >= 0.3 is 0 Å². The molecule has 114 valence electrons. The SMILES string of the molecule is CSC1=NCCCN1C(=O)c1c(-c2ccccc2)noc1C. The Morgan fingerprint density at radius 1 is 1.32 bits per heavy atom. The van der Waals surface area contributed by atoms with Crippen LogP contribution in [0.2, 0.25) is 0 Å². The number of benzene rings is 1. The lowest BCUT2D eigenvalue weighted by Gasteiger charge is -2.26. The Labute approximate surface area is 133 Å². The Hall–Kier alpha value is -2.08. The van der Waals surface area contributed by atoms with Gasteiger partial charge in [-0.2, -0.15) is 0 Å². The van der Waals surface area contributed by atoms with E-state index in [1.54, 1.807) is 11.8 Å². The van der Waals surface area contributed by atoms with Crippen LogP contribution in [0.5, 0.6) is 0 Å². The van der Waals surface area contributed by atoms with Crippen LogP contribution in [0.25, 0.3) is 11.3 Å². The summed E-state index contributed by atoms with van der Waals surface area (Å²) in [5, 5.41) is 4.84. The first-order valence-corrected chi connectivity index (χ1v) is 8.37. The van der Waals surface area contributed by atoms with Gasteiger partial charge in [-0.1, -0.05) is 47.3 Å². The van der Waals surface area contributed by atoms with Crippen molar-refractivity contribution < 1.29 is 9.32 Å².